The normalized spacial score (nSPS) is 14.3. The molecular formula is C41H43Cl2N7O4. The largest absolute Gasteiger partial charge is 0.494 e. The molecule has 2 N–H and O–H groups in total. The molecule has 0 fully saturated rings. The molecule has 54 heavy (non-hydrogen) atoms. The van der Waals surface area contributed by atoms with Crippen molar-refractivity contribution in [3.05, 3.63) is 98.0 Å². The fraction of sp³-hybridized carbons (Fsp3) is 0.317. The standard InChI is InChI=1S/C41H43Cl2N7O4/c1-21-16-28(17-22(2)37(21)43)54-15-9-10-29-30-12-13-32(42)36(35-24(4)45-47(8)25(35)5)38(30)49-23(3)19-48(41(53)39(29)49)34-20-46(7)33-14-11-27(18-31(33)34)40(52)50(44)26(6)51/h11-14,16-18,20,23H,9-10,15,19,44H2,1-8H3/t23-/m1/s1. The van der Waals surface area contributed by atoms with E-state index < -0.39 is 11.8 Å². The molecule has 0 spiro atoms. The number of ether oxygens (including phenoxy) is 1. The SMILES string of the molecule is CC(=O)N(N)C(=O)c1ccc2c(c1)c(N1C[C@@H](C)n3c(c(CCCOc4cc(C)c(Cl)c(C)c4)c4ccc(Cl)c(-c5c(C)nn(C)c5C)c43)C1=O)cn2C. The second kappa shape index (κ2) is 14.0. The lowest BCUT2D eigenvalue weighted by molar-refractivity contribution is -0.126. The van der Waals surface area contributed by atoms with Gasteiger partial charge in [0.15, 0.2) is 0 Å². The van der Waals surface area contributed by atoms with Crippen LogP contribution >= 0.6 is 23.2 Å². The number of benzene rings is 3. The zero-order chi connectivity index (χ0) is 38.9. The van der Waals surface area contributed by atoms with Crippen LogP contribution in [0.3, 0.4) is 0 Å². The van der Waals surface area contributed by atoms with Gasteiger partial charge in [0.2, 0.25) is 5.91 Å². The minimum absolute atomic E-state index is 0.167. The van der Waals surface area contributed by atoms with Crippen molar-refractivity contribution in [3.63, 3.8) is 0 Å². The number of nitrogens with two attached hydrogens (primary N) is 1. The number of rotatable bonds is 8. The van der Waals surface area contributed by atoms with Gasteiger partial charge in [-0.25, -0.2) is 10.9 Å². The second-order valence-corrected chi connectivity index (χ2v) is 15.1. The Labute approximate surface area is 323 Å². The number of carbonyl (C=O) groups is 3. The fourth-order valence-corrected chi connectivity index (χ4v) is 8.29. The molecule has 7 rings (SSSR count). The summed E-state index contributed by atoms with van der Waals surface area (Å²) in [6.45, 7) is 12.1. The number of hydrazine groups is 1. The highest BCUT2D eigenvalue weighted by Crippen LogP contribution is 2.45. The van der Waals surface area contributed by atoms with Gasteiger partial charge < -0.3 is 18.8 Å². The smallest absolute Gasteiger partial charge is 0.275 e. The predicted molar refractivity (Wildman–Crippen MR) is 214 cm³/mol. The molecule has 13 heteroatoms. The summed E-state index contributed by atoms with van der Waals surface area (Å²) in [5.41, 5.74) is 9.63. The number of hydrogen-bond donors (Lipinski definition) is 1. The lowest BCUT2D eigenvalue weighted by Gasteiger charge is -2.34. The van der Waals surface area contributed by atoms with Gasteiger partial charge in [0.25, 0.3) is 11.8 Å². The van der Waals surface area contributed by atoms with Crippen molar-refractivity contribution in [2.75, 3.05) is 18.1 Å². The highest BCUT2D eigenvalue weighted by molar-refractivity contribution is 6.35. The Bertz CT molecular complexity index is 2520. The zero-order valence-corrected chi connectivity index (χ0v) is 33.2. The van der Waals surface area contributed by atoms with Crippen molar-refractivity contribution in [1.29, 1.82) is 0 Å². The molecular weight excluding hydrogens is 725 g/mol. The molecule has 0 aliphatic carbocycles. The van der Waals surface area contributed by atoms with E-state index in [9.17, 15) is 9.59 Å². The molecule has 0 bridgehead atoms. The van der Waals surface area contributed by atoms with Crippen molar-refractivity contribution in [2.45, 2.75) is 60.4 Å². The third kappa shape index (κ3) is 6.04. The van der Waals surface area contributed by atoms with E-state index in [1.54, 1.807) is 23.1 Å². The molecule has 280 valence electrons. The number of nitrogens with zero attached hydrogens (tertiary/aromatic N) is 6. The molecule has 1 atom stereocenters. The van der Waals surface area contributed by atoms with E-state index in [4.69, 9.17) is 38.9 Å². The van der Waals surface area contributed by atoms with E-state index in [2.05, 4.69) is 11.5 Å². The first-order chi connectivity index (χ1) is 25.6. The molecule has 3 aromatic heterocycles. The summed E-state index contributed by atoms with van der Waals surface area (Å²) in [6, 6.07) is 12.8. The summed E-state index contributed by atoms with van der Waals surface area (Å²) >= 11 is 13.5. The molecule has 11 nitrogen and oxygen atoms in total. The second-order valence-electron chi connectivity index (χ2n) is 14.3. The van der Waals surface area contributed by atoms with E-state index in [1.807, 2.05) is 81.5 Å². The van der Waals surface area contributed by atoms with Crippen molar-refractivity contribution < 1.29 is 19.1 Å². The highest BCUT2D eigenvalue weighted by atomic mass is 35.5. The Hall–Kier alpha value is -5.10. The van der Waals surface area contributed by atoms with Crippen LogP contribution in [0.4, 0.5) is 5.69 Å². The van der Waals surface area contributed by atoms with Crippen LogP contribution in [-0.2, 0) is 25.3 Å². The number of halogens is 2. The van der Waals surface area contributed by atoms with Crippen molar-refractivity contribution in [1.82, 2.24) is 23.9 Å². The minimum Gasteiger partial charge on any atom is -0.494 e. The summed E-state index contributed by atoms with van der Waals surface area (Å²) in [4.78, 5) is 41.9. The molecule has 4 heterocycles. The van der Waals surface area contributed by atoms with E-state index in [-0.39, 0.29) is 17.5 Å². The van der Waals surface area contributed by atoms with Crippen LogP contribution in [0.15, 0.2) is 48.7 Å². The number of imide groups is 1. The molecule has 3 aromatic carbocycles. The van der Waals surface area contributed by atoms with Crippen LogP contribution < -0.4 is 15.5 Å². The Morgan fingerprint density at radius 1 is 1.00 bits per heavy atom. The zero-order valence-electron chi connectivity index (χ0n) is 31.7. The van der Waals surface area contributed by atoms with E-state index in [0.29, 0.717) is 52.8 Å². The highest BCUT2D eigenvalue weighted by Gasteiger charge is 2.38. The lowest BCUT2D eigenvalue weighted by atomic mass is 9.98. The van der Waals surface area contributed by atoms with Crippen molar-refractivity contribution in [2.24, 2.45) is 19.9 Å². The van der Waals surface area contributed by atoms with Crippen LogP contribution in [0.2, 0.25) is 10.0 Å². The summed E-state index contributed by atoms with van der Waals surface area (Å²) in [6.07, 6.45) is 3.11. The first-order valence-electron chi connectivity index (χ1n) is 17.9. The van der Waals surface area contributed by atoms with Gasteiger partial charge in [-0.05, 0) is 101 Å². The predicted octanol–water partition coefficient (Wildman–Crippen LogP) is 8.17. The fourth-order valence-electron chi connectivity index (χ4n) is 7.94. The Morgan fingerprint density at radius 2 is 1.70 bits per heavy atom. The first-order valence-corrected chi connectivity index (χ1v) is 18.6. The number of aryl methyl sites for hydroxylation is 6. The Morgan fingerprint density at radius 3 is 2.35 bits per heavy atom. The van der Waals surface area contributed by atoms with Crippen LogP contribution in [0, 0.1) is 27.7 Å². The van der Waals surface area contributed by atoms with Crippen LogP contribution in [-0.4, -0.2) is 54.8 Å². The maximum Gasteiger partial charge on any atom is 0.275 e. The van der Waals surface area contributed by atoms with E-state index >= 15 is 4.79 Å². The summed E-state index contributed by atoms with van der Waals surface area (Å²) in [7, 11) is 3.82. The van der Waals surface area contributed by atoms with E-state index in [1.165, 1.54) is 6.92 Å². The quantitative estimate of drug-likeness (QED) is 0.0722. The Balaban J connectivity index is 1.36. The number of aromatic nitrogens is 4. The van der Waals surface area contributed by atoms with Gasteiger partial charge in [0, 0.05) is 83.5 Å². The summed E-state index contributed by atoms with van der Waals surface area (Å²) < 4.78 is 12.2. The third-order valence-corrected chi connectivity index (χ3v) is 11.5. The molecule has 0 unspecified atom stereocenters. The monoisotopic (exact) mass is 767 g/mol. The number of anilines is 1. The third-order valence-electron chi connectivity index (χ3n) is 10.6. The number of hydrogen-bond acceptors (Lipinski definition) is 6. The topological polar surface area (TPSA) is 121 Å². The van der Waals surface area contributed by atoms with Crippen LogP contribution in [0.1, 0.15) is 75.2 Å². The maximum atomic E-state index is 15.1. The molecule has 0 saturated carbocycles. The molecule has 0 saturated heterocycles. The molecule has 0 radical (unpaired) electrons. The number of fused-ring (bicyclic) bond motifs is 4. The molecule has 3 amide bonds. The van der Waals surface area contributed by atoms with Gasteiger partial charge in [0.05, 0.1) is 28.5 Å². The molecule has 1 aliphatic rings. The molecule has 1 aliphatic heterocycles. The summed E-state index contributed by atoms with van der Waals surface area (Å²) in [5.74, 6) is 5.17. The maximum absolute atomic E-state index is 15.1. The van der Waals surface area contributed by atoms with Gasteiger partial charge in [-0.2, -0.15) is 5.10 Å². The van der Waals surface area contributed by atoms with Crippen LogP contribution in [0.5, 0.6) is 5.75 Å². The Kier molecular flexibility index (Phi) is 9.62. The lowest BCUT2D eigenvalue weighted by Crippen LogP contribution is -2.42. The number of amides is 3. The van der Waals surface area contributed by atoms with Crippen LogP contribution in [0.25, 0.3) is 32.9 Å². The molecule has 6 aromatic rings. The summed E-state index contributed by atoms with van der Waals surface area (Å²) in [5, 5.41) is 8.26. The van der Waals surface area contributed by atoms with Crippen molar-refractivity contribution in [3.8, 4) is 16.9 Å². The van der Waals surface area contributed by atoms with Gasteiger partial charge >= 0.3 is 0 Å². The van der Waals surface area contributed by atoms with Gasteiger partial charge in [-0.15, -0.1) is 0 Å². The average Bonchev–Trinajstić information content (AvgIpc) is 3.73. The van der Waals surface area contributed by atoms with Gasteiger partial charge in [-0.3, -0.25) is 19.1 Å². The van der Waals surface area contributed by atoms with Crippen molar-refractivity contribution >= 4 is 68.4 Å². The van der Waals surface area contributed by atoms with E-state index in [0.717, 1.165) is 66.4 Å². The average molecular weight is 769 g/mol. The van der Waals surface area contributed by atoms with Gasteiger partial charge in [-0.1, -0.05) is 29.3 Å². The minimum atomic E-state index is -0.628. The number of carbonyl (C=O) groups excluding carboxylic acids is 3. The van der Waals surface area contributed by atoms with Gasteiger partial charge in [0.1, 0.15) is 11.4 Å². The first kappa shape index (κ1) is 37.2.